The Morgan fingerprint density at radius 1 is 1.29 bits per heavy atom. The summed E-state index contributed by atoms with van der Waals surface area (Å²) < 4.78 is 37.8. The van der Waals surface area contributed by atoms with E-state index in [1.54, 1.807) is 24.8 Å². The standard InChI is InChI=1S/C19H28N2O6S/c1-5-27-19(23)15-8-10-21(11-9-15)18(22)14(3)20-28(24,25)16-6-7-17(26-4)13(2)12-16/h6-7,12,14-15,20H,5,8-11H2,1-4H3/t14-/m0/s1. The normalized spacial score (nSPS) is 16.5. The summed E-state index contributed by atoms with van der Waals surface area (Å²) in [6.07, 6.45) is 1.03. The minimum Gasteiger partial charge on any atom is -0.496 e. The van der Waals surface area contributed by atoms with Gasteiger partial charge >= 0.3 is 5.97 Å². The number of hydrogen-bond donors (Lipinski definition) is 1. The van der Waals surface area contributed by atoms with E-state index in [2.05, 4.69) is 4.72 Å². The Hall–Kier alpha value is -2.13. The summed E-state index contributed by atoms with van der Waals surface area (Å²) in [7, 11) is -2.33. The molecule has 1 atom stereocenters. The summed E-state index contributed by atoms with van der Waals surface area (Å²) in [6.45, 7) is 6.16. The third-order valence-electron chi connectivity index (χ3n) is 4.81. The lowest BCUT2D eigenvalue weighted by Gasteiger charge is -2.32. The van der Waals surface area contributed by atoms with Crippen molar-refractivity contribution in [2.24, 2.45) is 5.92 Å². The van der Waals surface area contributed by atoms with E-state index < -0.39 is 16.1 Å². The molecule has 0 saturated carbocycles. The predicted molar refractivity (Wildman–Crippen MR) is 103 cm³/mol. The Kier molecular flexibility index (Phi) is 7.42. The first-order valence-corrected chi connectivity index (χ1v) is 10.8. The summed E-state index contributed by atoms with van der Waals surface area (Å²) in [6, 6.07) is 3.61. The molecule has 0 unspecified atom stereocenters. The van der Waals surface area contributed by atoms with Crippen LogP contribution in [0.25, 0.3) is 0 Å². The van der Waals surface area contributed by atoms with E-state index in [1.807, 2.05) is 0 Å². The van der Waals surface area contributed by atoms with Crippen LogP contribution in [0.2, 0.25) is 0 Å². The van der Waals surface area contributed by atoms with Crippen LogP contribution in [0.5, 0.6) is 5.75 Å². The number of sulfonamides is 1. The van der Waals surface area contributed by atoms with E-state index >= 15 is 0 Å². The second-order valence-corrected chi connectivity index (χ2v) is 8.54. The molecule has 1 saturated heterocycles. The number of nitrogens with zero attached hydrogens (tertiary/aromatic N) is 1. The lowest BCUT2D eigenvalue weighted by atomic mass is 9.96. The van der Waals surface area contributed by atoms with Gasteiger partial charge < -0.3 is 14.4 Å². The van der Waals surface area contributed by atoms with Crippen molar-refractivity contribution < 1.29 is 27.5 Å². The van der Waals surface area contributed by atoms with Gasteiger partial charge in [-0.15, -0.1) is 0 Å². The van der Waals surface area contributed by atoms with Crippen LogP contribution in [0.4, 0.5) is 0 Å². The molecule has 1 heterocycles. The van der Waals surface area contributed by atoms with Crippen LogP contribution in [0.1, 0.15) is 32.3 Å². The minimum atomic E-state index is -3.85. The summed E-state index contributed by atoms with van der Waals surface area (Å²) in [5.74, 6) is -0.167. The van der Waals surface area contributed by atoms with Crippen LogP contribution in [0, 0.1) is 12.8 Å². The molecule has 1 aromatic carbocycles. The Labute approximate surface area is 166 Å². The zero-order valence-corrected chi connectivity index (χ0v) is 17.5. The highest BCUT2D eigenvalue weighted by atomic mass is 32.2. The Balaban J connectivity index is 1.98. The number of aryl methyl sites for hydroxylation is 1. The molecule has 28 heavy (non-hydrogen) atoms. The number of benzene rings is 1. The molecule has 1 aliphatic rings. The van der Waals surface area contributed by atoms with Crippen molar-refractivity contribution in [3.63, 3.8) is 0 Å². The summed E-state index contributed by atoms with van der Waals surface area (Å²) in [4.78, 5) is 26.1. The molecule has 156 valence electrons. The molecule has 0 aromatic heterocycles. The molecule has 8 nitrogen and oxygen atoms in total. The van der Waals surface area contributed by atoms with Crippen LogP contribution in [-0.4, -0.2) is 58.0 Å². The number of methoxy groups -OCH3 is 1. The second kappa shape index (κ2) is 9.38. The molecule has 2 rings (SSSR count). The van der Waals surface area contributed by atoms with Crippen molar-refractivity contribution in [1.29, 1.82) is 0 Å². The van der Waals surface area contributed by atoms with E-state index in [4.69, 9.17) is 9.47 Å². The van der Waals surface area contributed by atoms with Crippen LogP contribution >= 0.6 is 0 Å². The largest absolute Gasteiger partial charge is 0.496 e. The monoisotopic (exact) mass is 412 g/mol. The van der Waals surface area contributed by atoms with Crippen molar-refractivity contribution in [2.45, 2.75) is 44.6 Å². The number of likely N-dealkylation sites (tertiary alicyclic amines) is 1. The maximum Gasteiger partial charge on any atom is 0.309 e. The van der Waals surface area contributed by atoms with Gasteiger partial charge in [0.1, 0.15) is 5.75 Å². The van der Waals surface area contributed by atoms with E-state index in [0.717, 1.165) is 0 Å². The van der Waals surface area contributed by atoms with Gasteiger partial charge in [-0.2, -0.15) is 4.72 Å². The maximum absolute atomic E-state index is 12.6. The van der Waals surface area contributed by atoms with Gasteiger partial charge in [-0.05, 0) is 57.4 Å². The number of hydrogen-bond acceptors (Lipinski definition) is 6. The molecule has 1 N–H and O–H groups in total. The topological polar surface area (TPSA) is 102 Å². The van der Waals surface area contributed by atoms with E-state index in [0.29, 0.717) is 43.9 Å². The van der Waals surface area contributed by atoms with Gasteiger partial charge in [-0.25, -0.2) is 8.42 Å². The zero-order valence-electron chi connectivity index (χ0n) is 16.7. The first kappa shape index (κ1) is 22.2. The van der Waals surface area contributed by atoms with Crippen LogP contribution in [-0.2, 0) is 24.3 Å². The highest BCUT2D eigenvalue weighted by Gasteiger charge is 2.31. The third-order valence-corrected chi connectivity index (χ3v) is 6.34. The van der Waals surface area contributed by atoms with Crippen molar-refractivity contribution >= 4 is 21.9 Å². The van der Waals surface area contributed by atoms with Gasteiger partial charge in [0.2, 0.25) is 15.9 Å². The summed E-state index contributed by atoms with van der Waals surface area (Å²) in [5, 5.41) is 0. The number of rotatable bonds is 7. The van der Waals surface area contributed by atoms with Crippen molar-refractivity contribution in [3.05, 3.63) is 23.8 Å². The van der Waals surface area contributed by atoms with Gasteiger partial charge in [-0.1, -0.05) is 0 Å². The number of esters is 1. The van der Waals surface area contributed by atoms with Gasteiger partial charge in [0.25, 0.3) is 0 Å². The lowest BCUT2D eigenvalue weighted by molar-refractivity contribution is -0.151. The molecule has 1 aliphatic heterocycles. The SMILES string of the molecule is CCOC(=O)C1CCN(C(=O)[C@H](C)NS(=O)(=O)c2ccc(OC)c(C)c2)CC1. The van der Waals surface area contributed by atoms with Crippen LogP contribution < -0.4 is 9.46 Å². The highest BCUT2D eigenvalue weighted by molar-refractivity contribution is 7.89. The number of amides is 1. The van der Waals surface area contributed by atoms with Crippen molar-refractivity contribution in [3.8, 4) is 5.75 Å². The molecule has 0 radical (unpaired) electrons. The number of nitrogens with one attached hydrogen (secondary N) is 1. The van der Waals surface area contributed by atoms with Crippen LogP contribution in [0.15, 0.2) is 23.1 Å². The number of carbonyl (C=O) groups is 2. The zero-order chi connectivity index (χ0) is 20.9. The quantitative estimate of drug-likeness (QED) is 0.681. The van der Waals surface area contributed by atoms with Crippen molar-refractivity contribution in [1.82, 2.24) is 9.62 Å². The van der Waals surface area contributed by atoms with Crippen molar-refractivity contribution in [2.75, 3.05) is 26.8 Å². The minimum absolute atomic E-state index is 0.0754. The Morgan fingerprint density at radius 3 is 2.46 bits per heavy atom. The first-order chi connectivity index (χ1) is 13.2. The number of ether oxygens (including phenoxy) is 2. The fraction of sp³-hybridized carbons (Fsp3) is 0.579. The molecule has 1 amide bonds. The first-order valence-electron chi connectivity index (χ1n) is 9.32. The summed E-state index contributed by atoms with van der Waals surface area (Å²) >= 11 is 0. The number of piperidine rings is 1. The molecule has 1 fully saturated rings. The molecule has 0 bridgehead atoms. The molecule has 0 aliphatic carbocycles. The average molecular weight is 413 g/mol. The van der Waals surface area contributed by atoms with E-state index in [1.165, 1.54) is 26.2 Å². The molecule has 1 aromatic rings. The van der Waals surface area contributed by atoms with Gasteiger partial charge in [0, 0.05) is 13.1 Å². The highest BCUT2D eigenvalue weighted by Crippen LogP contribution is 2.22. The lowest BCUT2D eigenvalue weighted by Crippen LogP contribution is -2.49. The fourth-order valence-electron chi connectivity index (χ4n) is 3.24. The molecule has 9 heteroatoms. The Morgan fingerprint density at radius 2 is 1.93 bits per heavy atom. The van der Waals surface area contributed by atoms with E-state index in [-0.39, 0.29) is 22.7 Å². The number of carbonyl (C=O) groups excluding carboxylic acids is 2. The van der Waals surface area contributed by atoms with Crippen LogP contribution in [0.3, 0.4) is 0 Å². The second-order valence-electron chi connectivity index (χ2n) is 6.83. The predicted octanol–water partition coefficient (Wildman–Crippen LogP) is 1.47. The van der Waals surface area contributed by atoms with Gasteiger partial charge in [0.05, 0.1) is 30.6 Å². The average Bonchev–Trinajstić information content (AvgIpc) is 2.67. The van der Waals surface area contributed by atoms with Gasteiger partial charge in [-0.3, -0.25) is 9.59 Å². The van der Waals surface area contributed by atoms with Gasteiger partial charge in [0.15, 0.2) is 0 Å². The molecule has 0 spiro atoms. The fourth-order valence-corrected chi connectivity index (χ4v) is 4.52. The Bertz CT molecular complexity index is 816. The molecular formula is C19H28N2O6S. The third kappa shape index (κ3) is 5.23. The molecular weight excluding hydrogens is 384 g/mol. The maximum atomic E-state index is 12.6. The van der Waals surface area contributed by atoms with E-state index in [9.17, 15) is 18.0 Å². The summed E-state index contributed by atoms with van der Waals surface area (Å²) in [5.41, 5.74) is 0.686. The smallest absolute Gasteiger partial charge is 0.309 e.